The Morgan fingerprint density at radius 3 is 2.73 bits per heavy atom. The van der Waals surface area contributed by atoms with Crippen LogP contribution in [0.3, 0.4) is 0 Å². The summed E-state index contributed by atoms with van der Waals surface area (Å²) < 4.78 is 2.03. The first-order chi connectivity index (χ1) is 12.5. The predicted molar refractivity (Wildman–Crippen MR) is 103 cm³/mol. The summed E-state index contributed by atoms with van der Waals surface area (Å²) in [7, 11) is 0. The van der Waals surface area contributed by atoms with Crippen LogP contribution in [0.4, 0.5) is 11.4 Å². The molecule has 0 bridgehead atoms. The van der Waals surface area contributed by atoms with Gasteiger partial charge in [-0.3, -0.25) is 10.1 Å². The molecule has 1 N–H and O–H groups in total. The summed E-state index contributed by atoms with van der Waals surface area (Å²) >= 11 is 1.75. The van der Waals surface area contributed by atoms with Gasteiger partial charge in [0.15, 0.2) is 6.54 Å². The zero-order chi connectivity index (χ0) is 18.3. The van der Waals surface area contributed by atoms with Gasteiger partial charge in [-0.15, -0.1) is 0 Å². The number of nitro benzene ring substituents is 1. The second kappa shape index (κ2) is 6.41. The second-order valence-electron chi connectivity index (χ2n) is 6.68. The molecule has 0 amide bonds. The lowest BCUT2D eigenvalue weighted by molar-refractivity contribution is -0.656. The van der Waals surface area contributed by atoms with Crippen molar-refractivity contribution in [2.75, 3.05) is 23.7 Å². The minimum atomic E-state index is -1.19. The van der Waals surface area contributed by atoms with E-state index in [-0.39, 0.29) is 5.69 Å². The third-order valence-corrected chi connectivity index (χ3v) is 6.09. The average molecular weight is 370 g/mol. The number of anilines is 1. The Bertz CT molecular complexity index is 897. The predicted octanol–water partition coefficient (Wildman–Crippen LogP) is 3.07. The van der Waals surface area contributed by atoms with E-state index in [9.17, 15) is 15.2 Å². The maximum absolute atomic E-state index is 11.6. The number of thioether (sulfide) groups is 1. The Kier molecular flexibility index (Phi) is 4.20. The van der Waals surface area contributed by atoms with E-state index in [1.165, 1.54) is 17.7 Å². The first-order valence-corrected chi connectivity index (χ1v) is 9.56. The number of rotatable bonds is 3. The van der Waals surface area contributed by atoms with Crippen LogP contribution in [-0.2, 0) is 5.72 Å². The summed E-state index contributed by atoms with van der Waals surface area (Å²) in [4.78, 5) is 12.7. The van der Waals surface area contributed by atoms with Crippen LogP contribution >= 0.6 is 11.8 Å². The van der Waals surface area contributed by atoms with Crippen LogP contribution in [-0.4, -0.2) is 38.6 Å². The fourth-order valence-corrected chi connectivity index (χ4v) is 4.77. The van der Waals surface area contributed by atoms with Crippen molar-refractivity contribution < 1.29 is 14.6 Å². The van der Waals surface area contributed by atoms with Crippen LogP contribution in [0, 0.1) is 17.0 Å². The van der Waals surface area contributed by atoms with Crippen molar-refractivity contribution >= 4 is 28.3 Å². The third kappa shape index (κ3) is 2.77. The number of β-amino-alcohol motifs (C(OH)–C–C–N with tert-alkyl or cyclic N) is 1. The Morgan fingerprint density at radius 1 is 1.27 bits per heavy atom. The molecule has 1 atom stereocenters. The number of amidine groups is 1. The van der Waals surface area contributed by atoms with Gasteiger partial charge in [-0.05, 0) is 54.9 Å². The molecular weight excluding hydrogens is 350 g/mol. The van der Waals surface area contributed by atoms with Crippen LogP contribution in [0.25, 0.3) is 0 Å². The standard InChI is InChI=1S/C19H20N3O3S/c1-14-4-2-5-17(12-14)20-13-19(23,21-10-3-11-26-18(20)21)15-6-8-16(9-7-15)22(24)25/h2,4-9,12,23H,3,10-11,13H2,1H3/q+1/t19-/m0/s1. The highest BCUT2D eigenvalue weighted by atomic mass is 32.2. The molecule has 2 aromatic carbocycles. The molecule has 134 valence electrons. The minimum Gasteiger partial charge on any atom is -0.346 e. The van der Waals surface area contributed by atoms with E-state index in [0.717, 1.165) is 29.6 Å². The quantitative estimate of drug-likeness (QED) is 0.511. The van der Waals surface area contributed by atoms with Crippen molar-refractivity contribution in [2.24, 2.45) is 0 Å². The molecule has 2 aliphatic rings. The van der Waals surface area contributed by atoms with E-state index >= 15 is 0 Å². The smallest absolute Gasteiger partial charge is 0.316 e. The number of nitrogens with zero attached hydrogens (tertiary/aromatic N) is 3. The highest BCUT2D eigenvalue weighted by molar-refractivity contribution is 8.13. The number of nitro groups is 1. The normalized spacial score (nSPS) is 22.5. The van der Waals surface area contributed by atoms with E-state index in [2.05, 4.69) is 30.0 Å². The lowest BCUT2D eigenvalue weighted by Crippen LogP contribution is -2.41. The fraction of sp³-hybridized carbons (Fsp3) is 0.316. The van der Waals surface area contributed by atoms with Gasteiger partial charge in [0.25, 0.3) is 11.4 Å². The molecule has 6 nitrogen and oxygen atoms in total. The maximum Gasteiger partial charge on any atom is 0.316 e. The maximum atomic E-state index is 11.6. The molecule has 7 heteroatoms. The molecule has 0 radical (unpaired) electrons. The number of hydrogen-bond acceptors (Lipinski definition) is 5. The van der Waals surface area contributed by atoms with Gasteiger partial charge in [0.05, 0.1) is 11.5 Å². The molecule has 0 unspecified atom stereocenters. The Labute approximate surface area is 155 Å². The molecule has 0 spiro atoms. The van der Waals surface area contributed by atoms with Crippen LogP contribution in [0.15, 0.2) is 48.5 Å². The molecule has 26 heavy (non-hydrogen) atoms. The summed E-state index contributed by atoms with van der Waals surface area (Å²) in [5.41, 5.74) is 1.74. The highest BCUT2D eigenvalue weighted by Gasteiger charge is 2.53. The molecule has 0 saturated heterocycles. The topological polar surface area (TPSA) is 69.6 Å². The highest BCUT2D eigenvalue weighted by Crippen LogP contribution is 2.38. The van der Waals surface area contributed by atoms with Gasteiger partial charge in [-0.1, -0.05) is 12.1 Å². The average Bonchev–Trinajstić information content (AvgIpc) is 2.96. The third-order valence-electron chi connectivity index (χ3n) is 4.90. The molecule has 0 aromatic heterocycles. The van der Waals surface area contributed by atoms with Crippen LogP contribution in [0.2, 0.25) is 0 Å². The van der Waals surface area contributed by atoms with E-state index < -0.39 is 10.6 Å². The van der Waals surface area contributed by atoms with Crippen molar-refractivity contribution in [2.45, 2.75) is 19.1 Å². The van der Waals surface area contributed by atoms with Crippen molar-refractivity contribution in [1.82, 2.24) is 0 Å². The zero-order valence-electron chi connectivity index (χ0n) is 14.5. The van der Waals surface area contributed by atoms with Gasteiger partial charge < -0.3 is 5.11 Å². The number of non-ortho nitro benzene ring substituents is 1. The van der Waals surface area contributed by atoms with Crippen molar-refractivity contribution in [3.05, 3.63) is 69.8 Å². The summed E-state index contributed by atoms with van der Waals surface area (Å²) in [5, 5.41) is 23.5. The van der Waals surface area contributed by atoms with Gasteiger partial charge in [-0.25, -0.2) is 9.48 Å². The van der Waals surface area contributed by atoms with E-state index in [1.807, 2.05) is 10.6 Å². The Balaban J connectivity index is 1.77. The van der Waals surface area contributed by atoms with Crippen LogP contribution in [0.1, 0.15) is 17.5 Å². The van der Waals surface area contributed by atoms with Gasteiger partial charge in [0.1, 0.15) is 5.69 Å². The fourth-order valence-electron chi connectivity index (χ4n) is 3.59. The molecule has 0 saturated carbocycles. The molecule has 0 aliphatic carbocycles. The first-order valence-electron chi connectivity index (χ1n) is 8.58. The molecule has 2 heterocycles. The molecule has 2 aromatic rings. The minimum absolute atomic E-state index is 0.0307. The van der Waals surface area contributed by atoms with Gasteiger partial charge in [-0.2, -0.15) is 0 Å². The number of benzene rings is 2. The van der Waals surface area contributed by atoms with Crippen LogP contribution < -0.4 is 4.90 Å². The second-order valence-corrected chi connectivity index (χ2v) is 7.74. The van der Waals surface area contributed by atoms with Gasteiger partial charge in [0, 0.05) is 23.4 Å². The lowest BCUT2D eigenvalue weighted by atomic mass is 10.0. The SMILES string of the molecule is Cc1cccc(N2C[C@](O)(c3ccc([N+](=O)[O-])cc3)[N+]3=C2SCCC3)c1. The Hall–Kier alpha value is -2.38. The van der Waals surface area contributed by atoms with E-state index in [0.29, 0.717) is 12.1 Å². The largest absolute Gasteiger partial charge is 0.346 e. The number of hydrogen-bond donors (Lipinski definition) is 1. The lowest BCUT2D eigenvalue weighted by Gasteiger charge is -2.24. The van der Waals surface area contributed by atoms with E-state index in [4.69, 9.17) is 0 Å². The monoisotopic (exact) mass is 370 g/mol. The summed E-state index contributed by atoms with van der Waals surface area (Å²) in [5.74, 6) is 1.02. The molecule has 0 fully saturated rings. The Morgan fingerprint density at radius 2 is 2.04 bits per heavy atom. The van der Waals surface area contributed by atoms with Gasteiger partial charge in [0.2, 0.25) is 0 Å². The van der Waals surface area contributed by atoms with Crippen molar-refractivity contribution in [1.29, 1.82) is 0 Å². The number of aryl methyl sites for hydroxylation is 1. The van der Waals surface area contributed by atoms with E-state index in [1.54, 1.807) is 23.9 Å². The summed E-state index contributed by atoms with van der Waals surface area (Å²) in [6.07, 6.45) is 0.991. The first kappa shape index (κ1) is 17.1. The van der Waals surface area contributed by atoms with Gasteiger partial charge >= 0.3 is 5.17 Å². The molecule has 2 aliphatic heterocycles. The van der Waals surface area contributed by atoms with Crippen molar-refractivity contribution in [3.63, 3.8) is 0 Å². The molecule has 4 rings (SSSR count). The zero-order valence-corrected chi connectivity index (χ0v) is 15.3. The number of aliphatic hydroxyl groups is 1. The molecular formula is C19H20N3O3S+. The summed E-state index contributed by atoms with van der Waals surface area (Å²) in [6.45, 7) is 3.22. The van der Waals surface area contributed by atoms with Crippen LogP contribution in [0.5, 0.6) is 0 Å². The summed E-state index contributed by atoms with van der Waals surface area (Å²) in [6, 6.07) is 14.5. The van der Waals surface area contributed by atoms with Crippen molar-refractivity contribution in [3.8, 4) is 0 Å².